The largest absolute Gasteiger partial charge is 0.435 e. The molecule has 6 heteroatoms. The molecule has 0 radical (unpaired) electrons. The number of nitrogens with zero attached hydrogens (tertiary/aromatic N) is 4. The molecule has 0 atom stereocenters. The molecule has 0 amide bonds. The molecular formula is C14H13ClN4O. The zero-order valence-electron chi connectivity index (χ0n) is 11.0. The summed E-state index contributed by atoms with van der Waals surface area (Å²) in [5, 5.41) is 5.21. The summed E-state index contributed by atoms with van der Waals surface area (Å²) in [6, 6.07) is 7.58. The Kier molecular flexibility index (Phi) is 3.52. The van der Waals surface area contributed by atoms with E-state index in [0.29, 0.717) is 11.6 Å². The highest BCUT2D eigenvalue weighted by Gasteiger charge is 2.09. The van der Waals surface area contributed by atoms with Crippen molar-refractivity contribution in [1.82, 2.24) is 19.7 Å². The first kappa shape index (κ1) is 12.9. The first-order chi connectivity index (χ1) is 9.76. The zero-order valence-corrected chi connectivity index (χ0v) is 11.7. The monoisotopic (exact) mass is 288 g/mol. The fourth-order valence-corrected chi connectivity index (χ4v) is 2.13. The third-order valence-corrected chi connectivity index (χ3v) is 2.99. The van der Waals surface area contributed by atoms with Gasteiger partial charge in [-0.2, -0.15) is 10.1 Å². The van der Waals surface area contributed by atoms with Gasteiger partial charge in [-0.3, -0.25) is 4.68 Å². The topological polar surface area (TPSA) is 52.8 Å². The quantitative estimate of drug-likeness (QED) is 0.687. The summed E-state index contributed by atoms with van der Waals surface area (Å²) in [4.78, 5) is 8.31. The molecule has 0 aliphatic heterocycles. The van der Waals surface area contributed by atoms with Crippen molar-refractivity contribution in [2.75, 3.05) is 0 Å². The van der Waals surface area contributed by atoms with Gasteiger partial charge in [0.05, 0.1) is 23.3 Å². The summed E-state index contributed by atoms with van der Waals surface area (Å²) in [7, 11) is 0. The summed E-state index contributed by atoms with van der Waals surface area (Å²) in [5.41, 5.74) is 0.753. The molecule has 1 aromatic carbocycles. The van der Waals surface area contributed by atoms with E-state index >= 15 is 0 Å². The molecule has 0 bridgehead atoms. The van der Waals surface area contributed by atoms with Crippen LogP contribution in [0.15, 0.2) is 36.7 Å². The fourth-order valence-electron chi connectivity index (χ4n) is 1.96. The van der Waals surface area contributed by atoms with E-state index in [2.05, 4.69) is 22.0 Å². The molecule has 20 heavy (non-hydrogen) atoms. The molecule has 0 N–H and O–H groups in total. The molecule has 2 aromatic heterocycles. The van der Waals surface area contributed by atoms with Crippen LogP contribution in [-0.2, 0) is 6.54 Å². The van der Waals surface area contributed by atoms with Crippen LogP contribution in [0.3, 0.4) is 0 Å². The van der Waals surface area contributed by atoms with Crippen molar-refractivity contribution in [3.05, 3.63) is 41.9 Å². The lowest BCUT2D eigenvalue weighted by Crippen LogP contribution is -1.95. The molecule has 0 aliphatic rings. The minimum atomic E-state index is 0.166. The van der Waals surface area contributed by atoms with Crippen molar-refractivity contribution < 1.29 is 4.74 Å². The van der Waals surface area contributed by atoms with E-state index in [1.807, 2.05) is 35.1 Å². The lowest BCUT2D eigenvalue weighted by atomic mass is 10.2. The minimum absolute atomic E-state index is 0.166. The summed E-state index contributed by atoms with van der Waals surface area (Å²) >= 11 is 5.92. The number of hydrogen-bond acceptors (Lipinski definition) is 4. The second-order valence-electron chi connectivity index (χ2n) is 4.36. The summed E-state index contributed by atoms with van der Waals surface area (Å²) in [6.07, 6.45) is 4.53. The van der Waals surface area contributed by atoms with Crippen molar-refractivity contribution >= 4 is 22.5 Å². The molecule has 102 valence electrons. The van der Waals surface area contributed by atoms with Crippen LogP contribution in [0.2, 0.25) is 5.28 Å². The third-order valence-electron chi connectivity index (χ3n) is 2.82. The van der Waals surface area contributed by atoms with Crippen molar-refractivity contribution in [3.63, 3.8) is 0 Å². The molecule has 0 fully saturated rings. The average molecular weight is 289 g/mol. The first-order valence-electron chi connectivity index (χ1n) is 6.39. The molecule has 0 spiro atoms. The smallest absolute Gasteiger partial charge is 0.231 e. The van der Waals surface area contributed by atoms with Gasteiger partial charge in [0, 0.05) is 6.54 Å². The van der Waals surface area contributed by atoms with Gasteiger partial charge in [-0.1, -0.05) is 19.1 Å². The Hall–Kier alpha value is -2.14. The molecule has 5 nitrogen and oxygen atoms in total. The maximum Gasteiger partial charge on any atom is 0.231 e. The molecular weight excluding hydrogens is 276 g/mol. The van der Waals surface area contributed by atoms with Crippen LogP contribution in [0.4, 0.5) is 0 Å². The Balaban J connectivity index is 1.97. The third kappa shape index (κ3) is 2.58. The van der Waals surface area contributed by atoms with Crippen LogP contribution in [0.5, 0.6) is 11.6 Å². The molecule has 3 aromatic rings. The Morgan fingerprint density at radius 3 is 2.95 bits per heavy atom. The normalized spacial score (nSPS) is 10.9. The van der Waals surface area contributed by atoms with Crippen molar-refractivity contribution in [2.45, 2.75) is 19.9 Å². The van der Waals surface area contributed by atoms with Crippen molar-refractivity contribution in [1.29, 1.82) is 0 Å². The first-order valence-corrected chi connectivity index (χ1v) is 6.76. The van der Waals surface area contributed by atoms with Crippen LogP contribution in [0.25, 0.3) is 10.9 Å². The van der Waals surface area contributed by atoms with E-state index in [9.17, 15) is 0 Å². The molecule has 0 unspecified atom stereocenters. The number of halogens is 1. The lowest BCUT2D eigenvalue weighted by molar-refractivity contribution is 0.466. The minimum Gasteiger partial charge on any atom is -0.435 e. The van der Waals surface area contributed by atoms with E-state index in [-0.39, 0.29) is 5.28 Å². The van der Waals surface area contributed by atoms with E-state index in [1.54, 1.807) is 6.20 Å². The van der Waals surface area contributed by atoms with Gasteiger partial charge in [0.1, 0.15) is 0 Å². The highest BCUT2D eigenvalue weighted by molar-refractivity contribution is 6.28. The Bertz CT molecular complexity index is 741. The predicted octanol–water partition coefficient (Wildman–Crippen LogP) is 3.68. The molecule has 0 saturated heterocycles. The summed E-state index contributed by atoms with van der Waals surface area (Å²) in [5.74, 6) is 1.08. The molecule has 0 saturated carbocycles. The number of aromatic nitrogens is 4. The number of fused-ring (bicyclic) bond motifs is 1. The molecule has 0 aliphatic carbocycles. The Morgan fingerprint density at radius 2 is 2.10 bits per heavy atom. The average Bonchev–Trinajstić information content (AvgIpc) is 2.86. The van der Waals surface area contributed by atoms with Crippen LogP contribution >= 0.6 is 11.6 Å². The van der Waals surface area contributed by atoms with Crippen molar-refractivity contribution in [3.8, 4) is 11.6 Å². The van der Waals surface area contributed by atoms with Gasteiger partial charge in [-0.25, -0.2) is 4.98 Å². The van der Waals surface area contributed by atoms with Gasteiger partial charge in [-0.15, -0.1) is 0 Å². The fraction of sp³-hybridized carbons (Fsp3) is 0.214. The number of aryl methyl sites for hydroxylation is 1. The van der Waals surface area contributed by atoms with Crippen LogP contribution in [0, 0.1) is 0 Å². The second kappa shape index (κ2) is 5.46. The zero-order chi connectivity index (χ0) is 13.9. The van der Waals surface area contributed by atoms with E-state index in [1.165, 1.54) is 0 Å². The maximum atomic E-state index is 5.92. The number of ether oxygens (including phenoxy) is 1. The van der Waals surface area contributed by atoms with Gasteiger partial charge >= 0.3 is 0 Å². The SMILES string of the molecule is CCCn1cc(Oc2nc(Cl)nc3ccccc23)cn1. The number of rotatable bonds is 4. The van der Waals surface area contributed by atoms with Gasteiger partial charge in [0.15, 0.2) is 5.75 Å². The molecule has 3 rings (SSSR count). The van der Waals surface area contributed by atoms with Crippen LogP contribution < -0.4 is 4.74 Å². The predicted molar refractivity (Wildman–Crippen MR) is 77.1 cm³/mol. The number of hydrogen-bond donors (Lipinski definition) is 0. The summed E-state index contributed by atoms with van der Waals surface area (Å²) < 4.78 is 7.61. The van der Waals surface area contributed by atoms with Crippen LogP contribution in [-0.4, -0.2) is 19.7 Å². The van der Waals surface area contributed by atoms with Crippen LogP contribution in [0.1, 0.15) is 13.3 Å². The Morgan fingerprint density at radius 1 is 1.25 bits per heavy atom. The van der Waals surface area contributed by atoms with Crippen molar-refractivity contribution in [2.24, 2.45) is 0 Å². The highest BCUT2D eigenvalue weighted by atomic mass is 35.5. The van der Waals surface area contributed by atoms with E-state index < -0.39 is 0 Å². The van der Waals surface area contributed by atoms with Gasteiger partial charge in [-0.05, 0) is 30.2 Å². The van der Waals surface area contributed by atoms with Gasteiger partial charge < -0.3 is 4.74 Å². The lowest BCUT2D eigenvalue weighted by Gasteiger charge is -2.05. The van der Waals surface area contributed by atoms with E-state index in [0.717, 1.165) is 23.9 Å². The van der Waals surface area contributed by atoms with E-state index in [4.69, 9.17) is 16.3 Å². The maximum absolute atomic E-state index is 5.92. The summed E-state index contributed by atoms with van der Waals surface area (Å²) in [6.45, 7) is 2.95. The highest BCUT2D eigenvalue weighted by Crippen LogP contribution is 2.28. The van der Waals surface area contributed by atoms with Gasteiger partial charge in [0.25, 0.3) is 0 Å². The Labute approximate surface area is 121 Å². The number of benzene rings is 1. The number of para-hydroxylation sites is 1. The second-order valence-corrected chi connectivity index (χ2v) is 4.69. The van der Waals surface area contributed by atoms with Gasteiger partial charge in [0.2, 0.25) is 11.2 Å². The molecule has 2 heterocycles. The standard InChI is InChI=1S/C14H13ClN4O/c1-2-7-19-9-10(8-16-19)20-13-11-5-3-4-6-12(11)17-14(15)18-13/h3-6,8-9H,2,7H2,1H3.